The number of amides is 1. The van der Waals surface area contributed by atoms with E-state index in [4.69, 9.17) is 4.98 Å². The average molecular weight is 363 g/mol. The Morgan fingerprint density at radius 1 is 1.15 bits per heavy atom. The maximum absolute atomic E-state index is 12.7. The first-order chi connectivity index (χ1) is 13.3. The van der Waals surface area contributed by atoms with Crippen LogP contribution in [0.3, 0.4) is 0 Å². The van der Waals surface area contributed by atoms with Crippen LogP contribution in [0.25, 0.3) is 22.6 Å². The molecule has 8 heteroatoms. The van der Waals surface area contributed by atoms with Crippen LogP contribution in [-0.4, -0.2) is 61.1 Å². The number of hydrogen-bond acceptors (Lipinski definition) is 5. The molecule has 2 N–H and O–H groups in total. The first-order valence-corrected chi connectivity index (χ1v) is 9.69. The second-order valence-electron chi connectivity index (χ2n) is 7.91. The molecule has 6 rings (SSSR count). The lowest BCUT2D eigenvalue weighted by molar-refractivity contribution is -0.135. The molecule has 2 bridgehead atoms. The second-order valence-corrected chi connectivity index (χ2v) is 7.91. The minimum Gasteiger partial charge on any atom is -0.365 e. The van der Waals surface area contributed by atoms with Crippen molar-refractivity contribution in [3.05, 3.63) is 24.7 Å². The number of piperazine rings is 1. The molecular weight excluding hydrogens is 342 g/mol. The zero-order valence-electron chi connectivity index (χ0n) is 14.9. The van der Waals surface area contributed by atoms with Gasteiger partial charge in [0.2, 0.25) is 5.91 Å². The fraction of sp³-hybridized carbons (Fsp3) is 0.474. The van der Waals surface area contributed by atoms with Gasteiger partial charge in [0, 0.05) is 43.5 Å². The number of nitrogens with zero attached hydrogens (tertiary/aromatic N) is 5. The number of carbonyl (C=O) groups excluding carboxylic acids is 1. The van der Waals surface area contributed by atoms with Gasteiger partial charge in [-0.25, -0.2) is 9.97 Å². The highest BCUT2D eigenvalue weighted by Gasteiger charge is 2.46. The molecule has 0 spiro atoms. The number of nitrogens with one attached hydrogen (secondary N) is 2. The van der Waals surface area contributed by atoms with E-state index < -0.39 is 0 Å². The van der Waals surface area contributed by atoms with Gasteiger partial charge in [0.05, 0.1) is 17.4 Å². The van der Waals surface area contributed by atoms with Crippen molar-refractivity contribution in [3.63, 3.8) is 0 Å². The van der Waals surface area contributed by atoms with Gasteiger partial charge in [-0.05, 0) is 31.7 Å². The van der Waals surface area contributed by atoms with Gasteiger partial charge in [-0.1, -0.05) is 0 Å². The molecule has 5 heterocycles. The minimum atomic E-state index is 0.302. The van der Waals surface area contributed by atoms with Gasteiger partial charge in [-0.3, -0.25) is 9.89 Å². The lowest BCUT2D eigenvalue weighted by Crippen LogP contribution is -2.56. The van der Waals surface area contributed by atoms with E-state index in [0.29, 0.717) is 23.9 Å². The zero-order chi connectivity index (χ0) is 18.0. The third kappa shape index (κ3) is 2.35. The second kappa shape index (κ2) is 5.55. The number of anilines is 1. The molecule has 2 aliphatic heterocycles. The molecule has 3 aromatic rings. The topological polar surface area (TPSA) is 93.8 Å². The van der Waals surface area contributed by atoms with E-state index >= 15 is 0 Å². The molecule has 0 radical (unpaired) electrons. The van der Waals surface area contributed by atoms with E-state index in [2.05, 4.69) is 30.0 Å². The smallest absolute Gasteiger partial charge is 0.226 e. The molecule has 2 atom stereocenters. The fourth-order valence-electron chi connectivity index (χ4n) is 4.67. The predicted molar refractivity (Wildman–Crippen MR) is 100 cm³/mol. The number of aromatic nitrogens is 5. The number of carbonyl (C=O) groups is 1. The quantitative estimate of drug-likeness (QED) is 0.742. The fourth-order valence-corrected chi connectivity index (χ4v) is 4.67. The van der Waals surface area contributed by atoms with Crippen molar-refractivity contribution >= 4 is 22.8 Å². The van der Waals surface area contributed by atoms with Crippen molar-refractivity contribution in [1.82, 2.24) is 30.0 Å². The number of pyridine rings is 1. The third-order valence-electron chi connectivity index (χ3n) is 6.14. The highest BCUT2D eigenvalue weighted by Crippen LogP contribution is 2.39. The summed E-state index contributed by atoms with van der Waals surface area (Å²) in [4.78, 5) is 29.8. The molecule has 2 saturated heterocycles. The summed E-state index contributed by atoms with van der Waals surface area (Å²) >= 11 is 0. The van der Waals surface area contributed by atoms with Crippen molar-refractivity contribution in [2.45, 2.75) is 37.8 Å². The van der Waals surface area contributed by atoms with Crippen LogP contribution in [-0.2, 0) is 4.79 Å². The first kappa shape index (κ1) is 15.2. The Labute approximate surface area is 156 Å². The first-order valence-electron chi connectivity index (χ1n) is 9.69. The Morgan fingerprint density at radius 2 is 1.96 bits per heavy atom. The van der Waals surface area contributed by atoms with Crippen LogP contribution in [0.1, 0.15) is 25.7 Å². The Balaban J connectivity index is 1.33. The molecule has 1 saturated carbocycles. The summed E-state index contributed by atoms with van der Waals surface area (Å²) in [5.41, 5.74) is 3.68. The van der Waals surface area contributed by atoms with Gasteiger partial charge in [-0.15, -0.1) is 0 Å². The summed E-state index contributed by atoms with van der Waals surface area (Å²) in [7, 11) is 0. The van der Waals surface area contributed by atoms with Gasteiger partial charge in [0.25, 0.3) is 0 Å². The third-order valence-corrected chi connectivity index (χ3v) is 6.14. The SMILES string of the molecule is O=C(C1CC1)N1C2CCC1CN(c1ccnc3[nH]c(-c4cn[nH]c4)nc13)C2. The Bertz CT molecular complexity index is 992. The Kier molecular flexibility index (Phi) is 3.12. The largest absolute Gasteiger partial charge is 0.365 e. The van der Waals surface area contributed by atoms with E-state index in [1.54, 1.807) is 6.20 Å². The summed E-state index contributed by atoms with van der Waals surface area (Å²) in [6.45, 7) is 1.75. The minimum absolute atomic E-state index is 0.302. The summed E-state index contributed by atoms with van der Waals surface area (Å²) in [5.74, 6) is 1.46. The number of H-pyrrole nitrogens is 2. The lowest BCUT2D eigenvalue weighted by atomic mass is 10.1. The van der Waals surface area contributed by atoms with E-state index in [0.717, 1.165) is 67.0 Å². The monoisotopic (exact) mass is 363 g/mol. The number of rotatable bonds is 3. The lowest BCUT2D eigenvalue weighted by Gasteiger charge is -2.42. The van der Waals surface area contributed by atoms with Gasteiger partial charge in [0.1, 0.15) is 11.3 Å². The molecule has 138 valence electrons. The normalized spacial score (nSPS) is 24.7. The number of fused-ring (bicyclic) bond motifs is 3. The van der Waals surface area contributed by atoms with Gasteiger partial charge < -0.3 is 14.8 Å². The van der Waals surface area contributed by atoms with Crippen molar-refractivity contribution in [3.8, 4) is 11.4 Å². The van der Waals surface area contributed by atoms with Crippen LogP contribution in [0.5, 0.6) is 0 Å². The highest BCUT2D eigenvalue weighted by atomic mass is 16.2. The van der Waals surface area contributed by atoms with Crippen LogP contribution < -0.4 is 4.90 Å². The van der Waals surface area contributed by atoms with Crippen molar-refractivity contribution < 1.29 is 4.79 Å². The van der Waals surface area contributed by atoms with Gasteiger partial charge in [-0.2, -0.15) is 5.10 Å². The predicted octanol–water partition coefficient (Wildman–Crippen LogP) is 1.94. The summed E-state index contributed by atoms with van der Waals surface area (Å²) < 4.78 is 0. The zero-order valence-corrected chi connectivity index (χ0v) is 14.9. The van der Waals surface area contributed by atoms with Gasteiger partial charge in [0.15, 0.2) is 5.65 Å². The van der Waals surface area contributed by atoms with Gasteiger partial charge >= 0.3 is 0 Å². The summed E-state index contributed by atoms with van der Waals surface area (Å²) in [6.07, 6.45) is 9.77. The number of hydrogen-bond donors (Lipinski definition) is 2. The van der Waals surface area contributed by atoms with Crippen LogP contribution >= 0.6 is 0 Å². The number of imidazole rings is 1. The highest BCUT2D eigenvalue weighted by molar-refractivity contribution is 5.89. The molecule has 1 aliphatic carbocycles. The molecule has 3 fully saturated rings. The van der Waals surface area contributed by atoms with Crippen molar-refractivity contribution in [2.75, 3.05) is 18.0 Å². The summed E-state index contributed by atoms with van der Waals surface area (Å²) in [6, 6.07) is 2.69. The molecule has 3 aromatic heterocycles. The Morgan fingerprint density at radius 3 is 2.67 bits per heavy atom. The number of aromatic amines is 2. The average Bonchev–Trinajstić information content (AvgIpc) is 3.10. The summed E-state index contributed by atoms with van der Waals surface area (Å²) in [5, 5.41) is 6.82. The molecule has 8 nitrogen and oxygen atoms in total. The van der Waals surface area contributed by atoms with Crippen molar-refractivity contribution in [2.24, 2.45) is 5.92 Å². The molecular formula is C19H21N7O. The van der Waals surface area contributed by atoms with Crippen LogP contribution in [0, 0.1) is 5.92 Å². The van der Waals surface area contributed by atoms with Crippen molar-refractivity contribution in [1.29, 1.82) is 0 Å². The molecule has 2 unspecified atom stereocenters. The molecule has 27 heavy (non-hydrogen) atoms. The molecule has 3 aliphatic rings. The molecule has 0 aromatic carbocycles. The standard InChI is InChI=1S/C19H21N7O/c27-19(11-1-2-11)26-13-3-4-14(26)10-25(9-13)15-5-6-20-18-16(15)23-17(24-18)12-7-21-22-8-12/h5-8,11,13-14H,1-4,9-10H2,(H,21,22)(H,20,23,24). The maximum atomic E-state index is 12.7. The van der Waals surface area contributed by atoms with Crippen LogP contribution in [0.2, 0.25) is 0 Å². The van der Waals surface area contributed by atoms with E-state index in [1.807, 2.05) is 18.5 Å². The van der Waals surface area contributed by atoms with Crippen LogP contribution in [0.4, 0.5) is 5.69 Å². The maximum Gasteiger partial charge on any atom is 0.226 e. The van der Waals surface area contributed by atoms with E-state index in [9.17, 15) is 4.79 Å². The molecule has 1 amide bonds. The van der Waals surface area contributed by atoms with Crippen LogP contribution in [0.15, 0.2) is 24.7 Å². The van der Waals surface area contributed by atoms with E-state index in [1.165, 1.54) is 0 Å². The Hall–Kier alpha value is -2.90. The van der Waals surface area contributed by atoms with E-state index in [-0.39, 0.29) is 0 Å².